The van der Waals surface area contributed by atoms with Gasteiger partial charge < -0.3 is 30.0 Å². The smallest absolute Gasteiger partial charge is 0.545 e. The zero-order valence-corrected chi connectivity index (χ0v) is 23.6. The van der Waals surface area contributed by atoms with Crippen molar-refractivity contribution in [3.05, 3.63) is 130 Å². The molecule has 0 bridgehead atoms. The van der Waals surface area contributed by atoms with Gasteiger partial charge in [0.15, 0.2) is 0 Å². The number of carbonyl (C=O) groups is 2. The van der Waals surface area contributed by atoms with Crippen LogP contribution in [0.1, 0.15) is 68.7 Å². The zero-order valence-electron chi connectivity index (χ0n) is 20.6. The van der Waals surface area contributed by atoms with Gasteiger partial charge in [-0.15, -0.1) is 0 Å². The van der Waals surface area contributed by atoms with Crippen LogP contribution in [0, 0.1) is 0 Å². The topological polar surface area (TPSA) is 121 Å². The summed E-state index contributed by atoms with van der Waals surface area (Å²) >= 11 is 0. The van der Waals surface area contributed by atoms with Crippen LogP contribution in [0.25, 0.3) is 0 Å². The van der Waals surface area contributed by atoms with Crippen LogP contribution in [0.15, 0.2) is 97.1 Å². The maximum absolute atomic E-state index is 10.9. The number of carbonyl (C=O) groups excluding carboxylic acids is 2. The van der Waals surface area contributed by atoms with E-state index in [1.807, 2.05) is 74.5 Å². The van der Waals surface area contributed by atoms with E-state index < -0.39 is 11.9 Å². The van der Waals surface area contributed by atoms with Crippen LogP contribution < -0.4 is 10.2 Å². The molecule has 2 unspecified atom stereocenters. The van der Waals surface area contributed by atoms with Crippen molar-refractivity contribution < 1.29 is 49.5 Å². The molecule has 0 saturated carbocycles. The minimum atomic E-state index is -1.37. The Bertz CT molecular complexity index is 1230. The molecule has 0 aliphatic heterocycles. The van der Waals surface area contributed by atoms with Crippen LogP contribution >= 0.6 is 0 Å². The predicted molar refractivity (Wildman–Crippen MR) is 133 cm³/mol. The van der Waals surface area contributed by atoms with E-state index >= 15 is 0 Å². The SMILES string of the molecule is CC(c1ccccc1)c1cccc(C(=O)[O-])c1O.CC(c1ccccc1)c1cccc(C(=O)[O-])c1O.[Zn+2]. The van der Waals surface area contributed by atoms with Crippen LogP contribution in [0.5, 0.6) is 11.5 Å². The average molecular weight is 548 g/mol. The first-order valence-electron chi connectivity index (χ1n) is 11.4. The summed E-state index contributed by atoms with van der Waals surface area (Å²) in [6, 6.07) is 28.6. The Morgan fingerprint density at radius 1 is 0.568 bits per heavy atom. The average Bonchev–Trinajstić information content (AvgIpc) is 2.89. The molecule has 2 N–H and O–H groups in total. The Hall–Kier alpha value is -3.96. The number of hydrogen-bond donors (Lipinski definition) is 2. The molecular formula is C30H26O6Zn. The van der Waals surface area contributed by atoms with E-state index in [1.54, 1.807) is 24.3 Å². The van der Waals surface area contributed by atoms with Gasteiger partial charge in [0, 0.05) is 34.1 Å². The van der Waals surface area contributed by atoms with Gasteiger partial charge in [-0.2, -0.15) is 0 Å². The van der Waals surface area contributed by atoms with E-state index in [4.69, 9.17) is 0 Å². The fourth-order valence-corrected chi connectivity index (χ4v) is 3.99. The Kier molecular flexibility index (Phi) is 10.6. The molecule has 184 valence electrons. The Morgan fingerprint density at radius 3 is 1.19 bits per heavy atom. The quantitative estimate of drug-likeness (QED) is 0.354. The van der Waals surface area contributed by atoms with E-state index in [0.717, 1.165) is 11.1 Å². The normalized spacial score (nSPS) is 11.7. The first kappa shape index (κ1) is 29.3. The molecule has 0 heterocycles. The molecule has 0 amide bonds. The maximum atomic E-state index is 10.9. The first-order chi connectivity index (χ1) is 17.2. The van der Waals surface area contributed by atoms with Crippen LogP contribution in [-0.4, -0.2) is 22.2 Å². The Morgan fingerprint density at radius 2 is 0.892 bits per heavy atom. The third-order valence-electron chi connectivity index (χ3n) is 6.11. The van der Waals surface area contributed by atoms with Crippen LogP contribution in [0.4, 0.5) is 0 Å². The molecule has 2 atom stereocenters. The second-order valence-corrected chi connectivity index (χ2v) is 8.33. The second-order valence-electron chi connectivity index (χ2n) is 8.33. The van der Waals surface area contributed by atoms with Gasteiger partial charge in [-0.1, -0.05) is 98.8 Å². The first-order valence-corrected chi connectivity index (χ1v) is 11.4. The maximum Gasteiger partial charge on any atom is 2.00 e. The third kappa shape index (κ3) is 7.05. The molecule has 4 aromatic rings. The monoisotopic (exact) mass is 546 g/mol. The van der Waals surface area contributed by atoms with Crippen molar-refractivity contribution in [1.82, 2.24) is 0 Å². The number of benzene rings is 4. The number of carboxylic acid groups (broad SMARTS) is 2. The molecular weight excluding hydrogens is 522 g/mol. The van der Waals surface area contributed by atoms with Gasteiger partial charge in [-0.3, -0.25) is 0 Å². The van der Waals surface area contributed by atoms with Crippen molar-refractivity contribution in [3.8, 4) is 11.5 Å². The number of para-hydroxylation sites is 2. The van der Waals surface area contributed by atoms with Crippen molar-refractivity contribution in [2.45, 2.75) is 25.7 Å². The van der Waals surface area contributed by atoms with E-state index in [-0.39, 0.29) is 53.9 Å². The van der Waals surface area contributed by atoms with Gasteiger partial charge in [0.2, 0.25) is 0 Å². The van der Waals surface area contributed by atoms with Crippen molar-refractivity contribution in [2.24, 2.45) is 0 Å². The fraction of sp³-hybridized carbons (Fsp3) is 0.133. The number of rotatable bonds is 6. The molecule has 4 aromatic carbocycles. The van der Waals surface area contributed by atoms with E-state index in [0.29, 0.717) is 11.1 Å². The molecule has 0 radical (unpaired) electrons. The van der Waals surface area contributed by atoms with Crippen molar-refractivity contribution in [2.75, 3.05) is 0 Å². The van der Waals surface area contributed by atoms with Crippen LogP contribution in [-0.2, 0) is 19.5 Å². The van der Waals surface area contributed by atoms with E-state index in [1.165, 1.54) is 12.1 Å². The van der Waals surface area contributed by atoms with Gasteiger partial charge in [0.25, 0.3) is 0 Å². The molecule has 0 aliphatic rings. The van der Waals surface area contributed by atoms with E-state index in [2.05, 4.69) is 0 Å². The molecule has 37 heavy (non-hydrogen) atoms. The molecule has 4 rings (SSSR count). The van der Waals surface area contributed by atoms with Gasteiger partial charge in [-0.25, -0.2) is 0 Å². The summed E-state index contributed by atoms with van der Waals surface area (Å²) in [5, 5.41) is 41.7. The van der Waals surface area contributed by atoms with Gasteiger partial charge >= 0.3 is 19.5 Å². The number of carboxylic acids is 2. The molecule has 0 aliphatic carbocycles. The van der Waals surface area contributed by atoms with Crippen molar-refractivity contribution >= 4 is 11.9 Å². The van der Waals surface area contributed by atoms with Gasteiger partial charge in [0.05, 0.1) is 11.9 Å². The van der Waals surface area contributed by atoms with Crippen LogP contribution in [0.2, 0.25) is 0 Å². The molecule has 6 nitrogen and oxygen atoms in total. The van der Waals surface area contributed by atoms with Crippen molar-refractivity contribution in [1.29, 1.82) is 0 Å². The molecule has 0 saturated heterocycles. The predicted octanol–water partition coefficient (Wildman–Crippen LogP) is 3.81. The molecule has 0 fully saturated rings. The zero-order chi connectivity index (χ0) is 26.2. The van der Waals surface area contributed by atoms with Crippen LogP contribution in [0.3, 0.4) is 0 Å². The Balaban J connectivity index is 0.000000253. The van der Waals surface area contributed by atoms with Crippen molar-refractivity contribution in [3.63, 3.8) is 0 Å². The molecule has 7 heteroatoms. The standard InChI is InChI=1S/2C15H14O3.Zn/c2*1-10(11-6-3-2-4-7-11)12-8-5-9-13(14(12)16)15(17)18;/h2*2-10,16H,1H3,(H,17,18);/q;;+2/p-2. The number of aromatic carboxylic acids is 2. The number of hydrogen-bond acceptors (Lipinski definition) is 6. The summed E-state index contributed by atoms with van der Waals surface area (Å²) in [6.45, 7) is 3.84. The summed E-state index contributed by atoms with van der Waals surface area (Å²) in [7, 11) is 0. The summed E-state index contributed by atoms with van der Waals surface area (Å²) in [6.07, 6.45) is 0. The summed E-state index contributed by atoms with van der Waals surface area (Å²) in [5.74, 6) is -3.32. The summed E-state index contributed by atoms with van der Waals surface area (Å²) in [4.78, 5) is 21.7. The summed E-state index contributed by atoms with van der Waals surface area (Å²) < 4.78 is 0. The fourth-order valence-electron chi connectivity index (χ4n) is 3.99. The largest absolute Gasteiger partial charge is 2.00 e. The summed E-state index contributed by atoms with van der Waals surface area (Å²) in [5.41, 5.74) is 2.86. The third-order valence-corrected chi connectivity index (χ3v) is 6.11. The van der Waals surface area contributed by atoms with Gasteiger partial charge in [0.1, 0.15) is 11.5 Å². The number of phenols is 2. The molecule has 0 aromatic heterocycles. The van der Waals surface area contributed by atoms with Gasteiger partial charge in [-0.05, 0) is 23.3 Å². The minimum Gasteiger partial charge on any atom is -0.545 e. The van der Waals surface area contributed by atoms with E-state index in [9.17, 15) is 30.0 Å². The Labute approximate surface area is 228 Å². The second kappa shape index (κ2) is 13.4. The number of aromatic hydroxyl groups is 2. The molecule has 0 spiro atoms. The minimum absolute atomic E-state index is 0.